The molecule has 0 radical (unpaired) electrons. The average molecular weight is 176 g/mol. The molecule has 60 valence electrons. The van der Waals surface area contributed by atoms with E-state index < -0.39 is 0 Å². The van der Waals surface area contributed by atoms with E-state index in [1.54, 1.807) is 0 Å². The molecule has 0 aliphatic rings. The summed E-state index contributed by atoms with van der Waals surface area (Å²) in [7, 11) is 0. The van der Waals surface area contributed by atoms with Crippen LogP contribution >= 0.6 is 12.0 Å². The Labute approximate surface area is 66.0 Å². The molecule has 1 rings (SSSR count). The summed E-state index contributed by atoms with van der Waals surface area (Å²) >= 11 is 0.659. The molecular formula is C5H4O5S. The van der Waals surface area contributed by atoms with Crippen LogP contribution in [0.5, 0.6) is 0 Å². The zero-order chi connectivity index (χ0) is 8.10. The molecule has 0 aliphatic heterocycles. The average Bonchev–Trinajstić information content (AvgIpc) is 2.48. The monoisotopic (exact) mass is 176 g/mol. The maximum absolute atomic E-state index is 10.1. The van der Waals surface area contributed by atoms with Gasteiger partial charge in [0.1, 0.15) is 12.0 Å². The first-order valence-corrected chi connectivity index (χ1v) is 3.30. The second kappa shape index (κ2) is 4.14. The molecule has 0 atom stereocenters. The van der Waals surface area contributed by atoms with Gasteiger partial charge in [-0.2, -0.15) is 0 Å². The van der Waals surface area contributed by atoms with E-state index in [1.807, 2.05) is 0 Å². The largest absolute Gasteiger partial charge is 0.445 e. The first-order valence-electron chi connectivity index (χ1n) is 2.56. The van der Waals surface area contributed by atoms with Crippen molar-refractivity contribution in [1.29, 1.82) is 0 Å². The molecule has 1 heterocycles. The Hall–Kier alpha value is -0.820. The first kappa shape index (κ1) is 8.28. The minimum Gasteiger partial charge on any atom is -0.445 e. The summed E-state index contributed by atoms with van der Waals surface area (Å²) in [5, 5.41) is 11.4. The van der Waals surface area contributed by atoms with Gasteiger partial charge in [-0.1, -0.05) is 5.04 Å². The Morgan fingerprint density at radius 2 is 2.45 bits per heavy atom. The molecule has 1 aromatic heterocycles. The van der Waals surface area contributed by atoms with Gasteiger partial charge in [-0.25, -0.2) is 5.26 Å². The lowest BCUT2D eigenvalue weighted by Gasteiger charge is -1.89. The molecule has 0 saturated heterocycles. The number of hydrogen-bond donors (Lipinski definition) is 1. The minimum atomic E-state index is 0.189. The summed E-state index contributed by atoms with van der Waals surface area (Å²) in [5.74, 6) is 0.189. The second-order valence-electron chi connectivity index (χ2n) is 1.50. The van der Waals surface area contributed by atoms with E-state index in [0.29, 0.717) is 23.4 Å². The van der Waals surface area contributed by atoms with Crippen LogP contribution < -0.4 is 0 Å². The van der Waals surface area contributed by atoms with Gasteiger partial charge in [0.15, 0.2) is 17.1 Å². The first-order chi connectivity index (χ1) is 5.36. The third kappa shape index (κ3) is 2.35. The normalized spacial score (nSPS) is 9.91. The van der Waals surface area contributed by atoms with Crippen molar-refractivity contribution in [2.24, 2.45) is 0 Å². The Balaban J connectivity index is 2.51. The van der Waals surface area contributed by atoms with Crippen molar-refractivity contribution in [3.8, 4) is 0 Å². The molecule has 0 spiro atoms. The fourth-order valence-corrected chi connectivity index (χ4v) is 0.843. The molecule has 0 amide bonds. The lowest BCUT2D eigenvalue weighted by Crippen LogP contribution is -1.75. The van der Waals surface area contributed by atoms with E-state index in [4.69, 9.17) is 9.67 Å². The predicted octanol–water partition coefficient (Wildman–Crippen LogP) is 1.52. The van der Waals surface area contributed by atoms with Crippen molar-refractivity contribution in [1.82, 2.24) is 0 Å². The third-order valence-electron chi connectivity index (χ3n) is 0.865. The molecule has 1 aromatic rings. The second-order valence-corrected chi connectivity index (χ2v) is 2.21. The molecule has 5 nitrogen and oxygen atoms in total. The van der Waals surface area contributed by atoms with Crippen LogP contribution in [0.4, 0.5) is 0 Å². The van der Waals surface area contributed by atoms with Crippen LogP contribution in [0.15, 0.2) is 21.6 Å². The van der Waals surface area contributed by atoms with E-state index in [-0.39, 0.29) is 5.76 Å². The van der Waals surface area contributed by atoms with E-state index in [0.717, 1.165) is 0 Å². The van der Waals surface area contributed by atoms with E-state index in [2.05, 4.69) is 9.37 Å². The molecule has 0 unspecified atom stereocenters. The van der Waals surface area contributed by atoms with Crippen LogP contribution in [0.2, 0.25) is 0 Å². The molecule has 0 aliphatic carbocycles. The van der Waals surface area contributed by atoms with Gasteiger partial charge < -0.3 is 4.42 Å². The lowest BCUT2D eigenvalue weighted by atomic mass is 10.5. The van der Waals surface area contributed by atoms with Gasteiger partial charge in [0.25, 0.3) is 0 Å². The number of carbonyl (C=O) groups excluding carboxylic acids is 1. The quantitative estimate of drug-likeness (QED) is 0.324. The van der Waals surface area contributed by atoms with Crippen LogP contribution in [0.3, 0.4) is 0 Å². The Morgan fingerprint density at radius 1 is 1.64 bits per heavy atom. The van der Waals surface area contributed by atoms with Gasteiger partial charge in [-0.3, -0.25) is 4.79 Å². The molecule has 0 aromatic carbocycles. The maximum atomic E-state index is 10.1. The number of rotatable bonds is 4. The SMILES string of the molecule is O=Cc1ccc(SOOO)o1. The third-order valence-corrected chi connectivity index (χ3v) is 1.38. The van der Waals surface area contributed by atoms with Crippen LogP contribution in [0.25, 0.3) is 0 Å². The highest BCUT2D eigenvalue weighted by molar-refractivity contribution is 7.94. The van der Waals surface area contributed by atoms with Gasteiger partial charge in [0, 0.05) is 0 Å². The van der Waals surface area contributed by atoms with Crippen LogP contribution in [0.1, 0.15) is 10.6 Å². The lowest BCUT2D eigenvalue weighted by molar-refractivity contribution is -0.432. The zero-order valence-corrected chi connectivity index (χ0v) is 6.04. The summed E-state index contributed by atoms with van der Waals surface area (Å²) in [4.78, 5) is 10.1. The van der Waals surface area contributed by atoms with Gasteiger partial charge in [0.05, 0.1) is 0 Å². The van der Waals surface area contributed by atoms with E-state index >= 15 is 0 Å². The number of carbonyl (C=O) groups is 1. The van der Waals surface area contributed by atoms with Crippen LogP contribution in [0, 0.1) is 0 Å². The molecule has 0 saturated carbocycles. The van der Waals surface area contributed by atoms with Crippen molar-refractivity contribution in [2.45, 2.75) is 5.09 Å². The van der Waals surface area contributed by atoms with Crippen LogP contribution in [-0.2, 0) is 9.37 Å². The standard InChI is InChI=1S/C5H4O5S/c6-3-4-1-2-5(8-4)11-10-9-7/h1-3,7H. The molecule has 0 bridgehead atoms. The summed E-state index contributed by atoms with van der Waals surface area (Å²) < 4.78 is 8.85. The van der Waals surface area contributed by atoms with E-state index in [1.165, 1.54) is 12.1 Å². The summed E-state index contributed by atoms with van der Waals surface area (Å²) in [6.45, 7) is 0. The maximum Gasteiger partial charge on any atom is 0.191 e. The van der Waals surface area contributed by atoms with Crippen molar-refractivity contribution >= 4 is 18.3 Å². The minimum absolute atomic E-state index is 0.189. The smallest absolute Gasteiger partial charge is 0.191 e. The highest BCUT2D eigenvalue weighted by atomic mass is 32.2. The fraction of sp³-hybridized carbons (Fsp3) is 0. The topological polar surface area (TPSA) is 68.9 Å². The summed E-state index contributed by atoms with van der Waals surface area (Å²) in [6, 6.07) is 2.98. The van der Waals surface area contributed by atoms with E-state index in [9.17, 15) is 4.79 Å². The van der Waals surface area contributed by atoms with Crippen molar-refractivity contribution in [3.05, 3.63) is 17.9 Å². The highest BCUT2D eigenvalue weighted by Crippen LogP contribution is 2.20. The van der Waals surface area contributed by atoms with Gasteiger partial charge in [-0.05, 0) is 12.1 Å². The van der Waals surface area contributed by atoms with Crippen molar-refractivity contribution < 1.29 is 23.8 Å². The van der Waals surface area contributed by atoms with Crippen molar-refractivity contribution in [3.63, 3.8) is 0 Å². The number of hydrogen-bond acceptors (Lipinski definition) is 6. The predicted molar refractivity (Wildman–Crippen MR) is 34.8 cm³/mol. The fourth-order valence-electron chi connectivity index (χ4n) is 0.491. The van der Waals surface area contributed by atoms with Gasteiger partial charge >= 0.3 is 0 Å². The van der Waals surface area contributed by atoms with Crippen LogP contribution in [-0.4, -0.2) is 11.5 Å². The Bertz CT molecular complexity index is 233. The molecule has 11 heavy (non-hydrogen) atoms. The molecule has 0 fully saturated rings. The summed E-state index contributed by atoms with van der Waals surface area (Å²) in [5.41, 5.74) is 0. The van der Waals surface area contributed by atoms with Gasteiger partial charge in [0.2, 0.25) is 0 Å². The molecular weight excluding hydrogens is 172 g/mol. The highest BCUT2D eigenvalue weighted by Gasteiger charge is 2.01. The molecule has 6 heteroatoms. The Kier molecular flexibility index (Phi) is 3.12. The van der Waals surface area contributed by atoms with Gasteiger partial charge in [-0.15, -0.1) is 4.33 Å². The number of aldehydes is 1. The van der Waals surface area contributed by atoms with Crippen molar-refractivity contribution in [2.75, 3.05) is 0 Å². The molecule has 1 N–H and O–H groups in total. The number of furan rings is 1. The zero-order valence-electron chi connectivity index (χ0n) is 5.22. The Morgan fingerprint density at radius 3 is 3.00 bits per heavy atom. The summed E-state index contributed by atoms with van der Waals surface area (Å²) in [6.07, 6.45) is 0.559.